The molecule has 3 aromatic rings. The van der Waals surface area contributed by atoms with Crippen LogP contribution in [0.1, 0.15) is 48.5 Å². The number of oxazole rings is 1. The van der Waals surface area contributed by atoms with Crippen LogP contribution in [-0.4, -0.2) is 45.9 Å². The molecule has 34 heavy (non-hydrogen) atoms. The molecule has 9 nitrogen and oxygen atoms in total. The van der Waals surface area contributed by atoms with Gasteiger partial charge in [0.2, 0.25) is 0 Å². The van der Waals surface area contributed by atoms with Gasteiger partial charge in [-0.2, -0.15) is 0 Å². The molecule has 3 aliphatic rings. The third-order valence-corrected chi connectivity index (χ3v) is 6.83. The lowest BCUT2D eigenvalue weighted by Crippen LogP contribution is -2.48. The normalized spacial score (nSPS) is 18.7. The Morgan fingerprint density at radius 1 is 1.18 bits per heavy atom. The number of Topliss-reactive ketones (excluding diaryl/α,β-unsaturated/α-hetero) is 1. The predicted molar refractivity (Wildman–Crippen MR) is 127 cm³/mol. The molecule has 0 radical (unpaired) electrons. The predicted octanol–water partition coefficient (Wildman–Crippen LogP) is 4.44. The molecule has 1 atom stereocenters. The molecular formula is C25H26N6O3. The van der Waals surface area contributed by atoms with E-state index in [9.17, 15) is 9.59 Å². The summed E-state index contributed by atoms with van der Waals surface area (Å²) >= 11 is 0. The molecule has 0 aromatic carbocycles. The number of amides is 2. The van der Waals surface area contributed by atoms with Crippen LogP contribution < -0.4 is 15.1 Å². The summed E-state index contributed by atoms with van der Waals surface area (Å²) in [6.07, 6.45) is 7.99. The number of rotatable bonds is 6. The smallest absolute Gasteiger partial charge is 0.329 e. The van der Waals surface area contributed by atoms with Crippen molar-refractivity contribution in [2.24, 2.45) is 5.92 Å². The number of urea groups is 1. The first-order valence-electron chi connectivity index (χ1n) is 11.8. The zero-order valence-electron chi connectivity index (χ0n) is 19.0. The van der Waals surface area contributed by atoms with E-state index in [-0.39, 0.29) is 17.9 Å². The third kappa shape index (κ3) is 3.91. The minimum absolute atomic E-state index is 0.00285. The number of carbonyl (C=O) groups is 2. The molecule has 2 bridgehead atoms. The highest BCUT2D eigenvalue weighted by atomic mass is 16.4. The highest BCUT2D eigenvalue weighted by molar-refractivity contribution is 6.05. The van der Waals surface area contributed by atoms with Gasteiger partial charge in [-0.1, -0.05) is 12.8 Å². The molecule has 1 saturated heterocycles. The maximum Gasteiger partial charge on any atom is 0.329 e. The van der Waals surface area contributed by atoms with Crippen LogP contribution in [0.2, 0.25) is 0 Å². The van der Waals surface area contributed by atoms with Crippen LogP contribution in [0.4, 0.5) is 22.1 Å². The fourth-order valence-corrected chi connectivity index (χ4v) is 4.81. The van der Waals surface area contributed by atoms with Crippen molar-refractivity contribution in [1.82, 2.24) is 15.0 Å². The topological polar surface area (TPSA) is 104 Å². The Morgan fingerprint density at radius 2 is 2.06 bits per heavy atom. The number of anilines is 3. The Bertz CT molecular complexity index is 1270. The van der Waals surface area contributed by atoms with Gasteiger partial charge >= 0.3 is 6.03 Å². The summed E-state index contributed by atoms with van der Waals surface area (Å²) < 4.78 is 5.60. The van der Waals surface area contributed by atoms with Crippen molar-refractivity contribution in [2.75, 3.05) is 28.2 Å². The van der Waals surface area contributed by atoms with E-state index in [1.54, 1.807) is 36.4 Å². The van der Waals surface area contributed by atoms with Gasteiger partial charge in [-0.3, -0.25) is 15.0 Å². The number of carbonyl (C=O) groups excluding carboxylic acids is 2. The summed E-state index contributed by atoms with van der Waals surface area (Å²) in [4.78, 5) is 43.3. The summed E-state index contributed by atoms with van der Waals surface area (Å²) in [6.45, 7) is 3.39. The standard InChI is InChI=1S/C25H26N6O3/c1-15-27-13-22(34-15)17-8-10-26-23(12-17)29-25(33)31-18-9-11-30(14-18)20-6-5-19(28-24(20)31)21(32)7-4-16-2-3-16/h5-6,8,10,12-13,16,18H,2-4,7,9,11,14H2,1H3,(H,26,29,33)/t18-/m0/s1. The van der Waals surface area contributed by atoms with E-state index in [0.717, 1.165) is 37.2 Å². The zero-order valence-corrected chi connectivity index (χ0v) is 19.0. The third-order valence-electron chi connectivity index (χ3n) is 6.83. The number of pyridine rings is 2. The summed E-state index contributed by atoms with van der Waals surface area (Å²) in [5, 5.41) is 2.92. The summed E-state index contributed by atoms with van der Waals surface area (Å²) in [7, 11) is 0. The molecule has 0 unspecified atom stereocenters. The van der Waals surface area contributed by atoms with Crippen LogP contribution in [-0.2, 0) is 0 Å². The second kappa shape index (κ2) is 8.23. The average molecular weight is 459 g/mol. The number of fused-ring (bicyclic) bond motifs is 4. The van der Waals surface area contributed by atoms with Crippen LogP contribution in [0.5, 0.6) is 0 Å². The van der Waals surface area contributed by atoms with E-state index in [1.807, 2.05) is 12.1 Å². The van der Waals surface area contributed by atoms with Crippen molar-refractivity contribution in [3.63, 3.8) is 0 Å². The van der Waals surface area contributed by atoms with Gasteiger partial charge in [-0.25, -0.2) is 19.7 Å². The Kier molecular flexibility index (Phi) is 5.04. The molecule has 2 aliphatic heterocycles. The van der Waals surface area contributed by atoms with Gasteiger partial charge in [0.15, 0.2) is 23.3 Å². The maximum atomic E-state index is 13.5. The molecule has 174 valence electrons. The van der Waals surface area contributed by atoms with E-state index >= 15 is 0 Å². The zero-order chi connectivity index (χ0) is 23.2. The molecule has 1 aliphatic carbocycles. The van der Waals surface area contributed by atoms with Crippen molar-refractivity contribution in [3.8, 4) is 11.3 Å². The van der Waals surface area contributed by atoms with Crippen LogP contribution in [0.3, 0.4) is 0 Å². The van der Waals surface area contributed by atoms with Gasteiger partial charge < -0.3 is 9.32 Å². The van der Waals surface area contributed by atoms with E-state index in [4.69, 9.17) is 9.40 Å². The average Bonchev–Trinajstić information content (AvgIpc) is 3.43. The van der Waals surface area contributed by atoms with E-state index in [0.29, 0.717) is 41.3 Å². The largest absolute Gasteiger partial charge is 0.441 e. The monoisotopic (exact) mass is 458 g/mol. The van der Waals surface area contributed by atoms with Gasteiger partial charge in [0.25, 0.3) is 0 Å². The highest BCUT2D eigenvalue weighted by Crippen LogP contribution is 2.40. The number of aryl methyl sites for hydroxylation is 1. The van der Waals surface area contributed by atoms with Gasteiger partial charge in [0, 0.05) is 38.2 Å². The van der Waals surface area contributed by atoms with Crippen LogP contribution in [0.15, 0.2) is 41.1 Å². The first-order chi connectivity index (χ1) is 16.5. The summed E-state index contributed by atoms with van der Waals surface area (Å²) in [5.74, 6) is 2.87. The number of ketones is 1. The molecule has 9 heteroatoms. The second-order valence-electron chi connectivity index (χ2n) is 9.31. The summed E-state index contributed by atoms with van der Waals surface area (Å²) in [6, 6.07) is 6.99. The molecule has 1 N–H and O–H groups in total. The second-order valence-corrected chi connectivity index (χ2v) is 9.31. The fourth-order valence-electron chi connectivity index (χ4n) is 4.81. The number of hydrogen-bond acceptors (Lipinski definition) is 7. The maximum absolute atomic E-state index is 13.5. The first kappa shape index (κ1) is 20.8. The van der Waals surface area contributed by atoms with E-state index < -0.39 is 0 Å². The van der Waals surface area contributed by atoms with E-state index in [1.165, 1.54) is 12.8 Å². The quantitative estimate of drug-likeness (QED) is 0.544. The molecular weight excluding hydrogens is 432 g/mol. The molecule has 2 fully saturated rings. The van der Waals surface area contributed by atoms with Crippen LogP contribution in [0, 0.1) is 12.8 Å². The van der Waals surface area contributed by atoms with Gasteiger partial charge in [-0.15, -0.1) is 0 Å². The van der Waals surface area contributed by atoms with Crippen molar-refractivity contribution in [3.05, 3.63) is 48.2 Å². The lowest BCUT2D eigenvalue weighted by Gasteiger charge is -2.35. The lowest BCUT2D eigenvalue weighted by molar-refractivity contribution is 0.0973. The van der Waals surface area contributed by atoms with Crippen molar-refractivity contribution in [2.45, 2.75) is 45.1 Å². The molecule has 2 amide bonds. The van der Waals surface area contributed by atoms with Gasteiger partial charge in [-0.05, 0) is 43.0 Å². The number of hydrogen-bond donors (Lipinski definition) is 1. The SMILES string of the molecule is Cc1ncc(-c2ccnc(NC(=O)N3c4nc(C(=O)CCC5CC5)ccc4N4CC[C@H]3C4)c2)o1. The Hall–Kier alpha value is -3.75. The molecule has 5 heterocycles. The highest BCUT2D eigenvalue weighted by Gasteiger charge is 2.40. The van der Waals surface area contributed by atoms with E-state index in [2.05, 4.69) is 20.2 Å². The lowest BCUT2D eigenvalue weighted by atomic mass is 10.1. The van der Waals surface area contributed by atoms with Crippen LogP contribution in [0.25, 0.3) is 11.3 Å². The minimum Gasteiger partial charge on any atom is -0.441 e. The Balaban J connectivity index is 1.26. The Morgan fingerprint density at radius 3 is 2.85 bits per heavy atom. The molecule has 0 spiro atoms. The Labute approximate surface area is 197 Å². The van der Waals surface area contributed by atoms with Gasteiger partial charge in [0.1, 0.15) is 11.5 Å². The molecule has 6 rings (SSSR count). The number of nitrogens with one attached hydrogen (secondary N) is 1. The van der Waals surface area contributed by atoms with Crippen molar-refractivity contribution < 1.29 is 14.0 Å². The van der Waals surface area contributed by atoms with Gasteiger partial charge in [0.05, 0.1) is 17.9 Å². The molecule has 1 saturated carbocycles. The first-order valence-corrected chi connectivity index (χ1v) is 11.8. The fraction of sp³-hybridized carbons (Fsp3) is 0.400. The number of aromatic nitrogens is 3. The number of nitrogens with zero attached hydrogens (tertiary/aromatic N) is 5. The minimum atomic E-state index is -0.304. The summed E-state index contributed by atoms with van der Waals surface area (Å²) in [5.41, 5.74) is 2.10. The molecule has 3 aromatic heterocycles. The van der Waals surface area contributed by atoms with Crippen LogP contribution >= 0.6 is 0 Å². The van der Waals surface area contributed by atoms with Crippen molar-refractivity contribution >= 4 is 29.1 Å². The van der Waals surface area contributed by atoms with Crippen molar-refractivity contribution in [1.29, 1.82) is 0 Å².